The average molecular weight is 321 g/mol. The lowest BCUT2D eigenvalue weighted by Crippen LogP contribution is -2.49. The SMILES string of the molecule is Cc1cncc(N2CC(n3c(C(C)(C)C)nc4ccccc43)C2)n1. The van der Waals surface area contributed by atoms with Crippen LogP contribution in [0.3, 0.4) is 0 Å². The number of para-hydroxylation sites is 2. The number of fused-ring (bicyclic) bond motifs is 1. The Kier molecular flexibility index (Phi) is 3.34. The van der Waals surface area contributed by atoms with Crippen molar-refractivity contribution in [3.8, 4) is 0 Å². The fraction of sp³-hybridized carbons (Fsp3) is 0.421. The molecule has 24 heavy (non-hydrogen) atoms. The molecule has 0 saturated carbocycles. The molecule has 0 spiro atoms. The van der Waals surface area contributed by atoms with Gasteiger partial charge >= 0.3 is 0 Å². The van der Waals surface area contributed by atoms with Gasteiger partial charge in [-0.15, -0.1) is 0 Å². The molecule has 3 heterocycles. The van der Waals surface area contributed by atoms with Gasteiger partial charge in [0, 0.05) is 24.7 Å². The van der Waals surface area contributed by atoms with Crippen molar-refractivity contribution in [2.45, 2.75) is 39.2 Å². The summed E-state index contributed by atoms with van der Waals surface area (Å²) < 4.78 is 2.43. The highest BCUT2D eigenvalue weighted by Crippen LogP contribution is 2.34. The average Bonchev–Trinajstić information content (AvgIpc) is 2.86. The Morgan fingerprint density at radius 2 is 1.79 bits per heavy atom. The van der Waals surface area contributed by atoms with Crippen molar-refractivity contribution < 1.29 is 0 Å². The van der Waals surface area contributed by atoms with Crippen LogP contribution in [0.25, 0.3) is 11.0 Å². The molecule has 5 heteroatoms. The van der Waals surface area contributed by atoms with Crippen LogP contribution < -0.4 is 4.90 Å². The molecular formula is C19H23N5. The molecule has 124 valence electrons. The van der Waals surface area contributed by atoms with Crippen molar-refractivity contribution in [1.29, 1.82) is 0 Å². The third kappa shape index (κ3) is 2.44. The topological polar surface area (TPSA) is 46.8 Å². The second kappa shape index (κ2) is 5.30. The van der Waals surface area contributed by atoms with Crippen molar-refractivity contribution in [3.63, 3.8) is 0 Å². The smallest absolute Gasteiger partial charge is 0.147 e. The zero-order chi connectivity index (χ0) is 16.9. The lowest BCUT2D eigenvalue weighted by atomic mass is 9.94. The van der Waals surface area contributed by atoms with Crippen LogP contribution in [0.5, 0.6) is 0 Å². The van der Waals surface area contributed by atoms with Crippen LogP contribution in [0.15, 0.2) is 36.7 Å². The normalized spacial score (nSPS) is 15.8. The first-order valence-electron chi connectivity index (χ1n) is 8.44. The summed E-state index contributed by atoms with van der Waals surface area (Å²) in [6.07, 6.45) is 3.64. The summed E-state index contributed by atoms with van der Waals surface area (Å²) in [6, 6.07) is 8.85. The molecule has 1 aromatic carbocycles. The fourth-order valence-electron chi connectivity index (χ4n) is 3.35. The second-order valence-electron chi connectivity index (χ2n) is 7.62. The van der Waals surface area contributed by atoms with Crippen LogP contribution in [-0.4, -0.2) is 32.6 Å². The van der Waals surface area contributed by atoms with Gasteiger partial charge in [-0.1, -0.05) is 32.9 Å². The lowest BCUT2D eigenvalue weighted by molar-refractivity contribution is 0.371. The molecule has 0 unspecified atom stereocenters. The van der Waals surface area contributed by atoms with E-state index in [-0.39, 0.29) is 5.41 Å². The highest BCUT2D eigenvalue weighted by Gasteiger charge is 2.34. The second-order valence-corrected chi connectivity index (χ2v) is 7.62. The molecule has 0 amide bonds. The predicted octanol–water partition coefficient (Wildman–Crippen LogP) is 3.49. The van der Waals surface area contributed by atoms with Gasteiger partial charge in [0.1, 0.15) is 11.6 Å². The van der Waals surface area contributed by atoms with Gasteiger partial charge in [0.05, 0.1) is 29.0 Å². The number of nitrogens with zero attached hydrogens (tertiary/aromatic N) is 5. The molecule has 5 nitrogen and oxygen atoms in total. The van der Waals surface area contributed by atoms with E-state index in [1.165, 1.54) is 5.52 Å². The van der Waals surface area contributed by atoms with Crippen molar-refractivity contribution in [2.24, 2.45) is 0 Å². The minimum atomic E-state index is 0.0164. The summed E-state index contributed by atoms with van der Waals surface area (Å²) >= 11 is 0. The third-order valence-electron chi connectivity index (χ3n) is 4.56. The van der Waals surface area contributed by atoms with Crippen LogP contribution >= 0.6 is 0 Å². The van der Waals surface area contributed by atoms with Crippen molar-refractivity contribution >= 4 is 16.9 Å². The monoisotopic (exact) mass is 321 g/mol. The zero-order valence-corrected chi connectivity index (χ0v) is 14.7. The Bertz CT molecular complexity index is 884. The van der Waals surface area contributed by atoms with Gasteiger partial charge < -0.3 is 9.47 Å². The number of rotatable bonds is 2. The molecule has 3 aromatic rings. The Morgan fingerprint density at radius 3 is 2.50 bits per heavy atom. The first-order chi connectivity index (χ1) is 11.4. The Labute approximate surface area is 142 Å². The number of hydrogen-bond acceptors (Lipinski definition) is 4. The van der Waals surface area contributed by atoms with E-state index in [2.05, 4.69) is 64.5 Å². The van der Waals surface area contributed by atoms with E-state index in [0.29, 0.717) is 6.04 Å². The van der Waals surface area contributed by atoms with Crippen LogP contribution in [-0.2, 0) is 5.41 Å². The molecule has 1 aliphatic rings. The highest BCUT2D eigenvalue weighted by molar-refractivity contribution is 5.76. The molecule has 0 radical (unpaired) electrons. The molecule has 0 aliphatic carbocycles. The minimum Gasteiger partial charge on any atom is -0.351 e. The summed E-state index contributed by atoms with van der Waals surface area (Å²) in [4.78, 5) is 16.0. The molecule has 0 N–H and O–H groups in total. The molecule has 4 rings (SSSR count). The summed E-state index contributed by atoms with van der Waals surface area (Å²) in [7, 11) is 0. The van der Waals surface area contributed by atoms with E-state index in [4.69, 9.17) is 4.98 Å². The maximum atomic E-state index is 4.92. The van der Waals surface area contributed by atoms with Gasteiger partial charge in [0.2, 0.25) is 0 Å². The number of aryl methyl sites for hydroxylation is 1. The first-order valence-corrected chi connectivity index (χ1v) is 8.44. The Balaban J connectivity index is 1.68. The fourth-order valence-corrected chi connectivity index (χ4v) is 3.35. The molecule has 2 aromatic heterocycles. The Hall–Kier alpha value is -2.43. The number of hydrogen-bond donors (Lipinski definition) is 0. The molecule has 0 bridgehead atoms. The van der Waals surface area contributed by atoms with E-state index in [0.717, 1.165) is 35.9 Å². The number of benzene rings is 1. The molecule has 1 fully saturated rings. The molecular weight excluding hydrogens is 298 g/mol. The van der Waals surface area contributed by atoms with Crippen LogP contribution in [0.1, 0.15) is 38.3 Å². The van der Waals surface area contributed by atoms with Gasteiger partial charge in [-0.05, 0) is 19.1 Å². The summed E-state index contributed by atoms with van der Waals surface area (Å²) in [5, 5.41) is 0. The van der Waals surface area contributed by atoms with Crippen LogP contribution in [0.2, 0.25) is 0 Å². The summed E-state index contributed by atoms with van der Waals surface area (Å²) in [6.45, 7) is 10.6. The predicted molar refractivity (Wildman–Crippen MR) is 96.5 cm³/mol. The summed E-state index contributed by atoms with van der Waals surface area (Å²) in [5.41, 5.74) is 3.28. The zero-order valence-electron chi connectivity index (χ0n) is 14.7. The lowest BCUT2D eigenvalue weighted by Gasteiger charge is -2.42. The van der Waals surface area contributed by atoms with Crippen LogP contribution in [0.4, 0.5) is 5.82 Å². The van der Waals surface area contributed by atoms with E-state index >= 15 is 0 Å². The van der Waals surface area contributed by atoms with Crippen LogP contribution in [0, 0.1) is 6.92 Å². The van der Waals surface area contributed by atoms with E-state index < -0.39 is 0 Å². The van der Waals surface area contributed by atoms with E-state index in [9.17, 15) is 0 Å². The summed E-state index contributed by atoms with van der Waals surface area (Å²) in [5.74, 6) is 2.12. The standard InChI is InChI=1S/C19H23N5/c1-13-9-20-10-17(21-13)23-11-14(12-23)24-16-8-6-5-7-15(16)22-18(24)19(2,3)4/h5-10,14H,11-12H2,1-4H3. The van der Waals surface area contributed by atoms with E-state index in [1.54, 1.807) is 6.20 Å². The van der Waals surface area contributed by atoms with Crippen molar-refractivity contribution in [1.82, 2.24) is 19.5 Å². The highest BCUT2D eigenvalue weighted by atomic mass is 15.3. The Morgan fingerprint density at radius 1 is 1.04 bits per heavy atom. The largest absolute Gasteiger partial charge is 0.351 e. The van der Waals surface area contributed by atoms with Crippen molar-refractivity contribution in [2.75, 3.05) is 18.0 Å². The molecule has 1 aliphatic heterocycles. The third-order valence-corrected chi connectivity index (χ3v) is 4.56. The first kappa shape index (κ1) is 15.1. The number of imidazole rings is 1. The van der Waals surface area contributed by atoms with Crippen molar-refractivity contribution in [3.05, 3.63) is 48.2 Å². The minimum absolute atomic E-state index is 0.0164. The maximum absolute atomic E-state index is 4.92. The van der Waals surface area contributed by atoms with Gasteiger partial charge in [-0.3, -0.25) is 4.98 Å². The van der Waals surface area contributed by atoms with Gasteiger partial charge in [-0.25, -0.2) is 9.97 Å². The van der Waals surface area contributed by atoms with Gasteiger partial charge in [0.25, 0.3) is 0 Å². The quantitative estimate of drug-likeness (QED) is 0.725. The number of anilines is 1. The van der Waals surface area contributed by atoms with Gasteiger partial charge in [-0.2, -0.15) is 0 Å². The molecule has 0 atom stereocenters. The maximum Gasteiger partial charge on any atom is 0.147 e. The van der Waals surface area contributed by atoms with Gasteiger partial charge in [0.15, 0.2) is 0 Å². The van der Waals surface area contributed by atoms with E-state index in [1.807, 2.05) is 13.1 Å². The molecule has 1 saturated heterocycles. The number of aromatic nitrogens is 4.